The van der Waals surface area contributed by atoms with Gasteiger partial charge in [0.15, 0.2) is 0 Å². The summed E-state index contributed by atoms with van der Waals surface area (Å²) in [5, 5.41) is 3.44. The van der Waals surface area contributed by atoms with Gasteiger partial charge in [-0.1, -0.05) is 26.7 Å². The Hall–Kier alpha value is -1.58. The highest BCUT2D eigenvalue weighted by Crippen LogP contribution is 2.31. The molecule has 1 N–H and O–H groups in total. The van der Waals surface area contributed by atoms with Crippen molar-refractivity contribution in [3.8, 4) is 0 Å². The molecule has 2 rings (SSSR count). The molecule has 0 aromatic heterocycles. The molecule has 1 aliphatic rings. The number of esters is 1. The number of carbonyl (C=O) groups excluding carboxylic acids is 1. The quantitative estimate of drug-likeness (QED) is 0.844. The lowest BCUT2D eigenvalue weighted by Crippen LogP contribution is -2.29. The van der Waals surface area contributed by atoms with Crippen LogP contribution in [0.5, 0.6) is 0 Å². The average Bonchev–Trinajstić information content (AvgIpc) is 2.48. The van der Waals surface area contributed by atoms with Crippen molar-refractivity contribution in [1.82, 2.24) is 0 Å². The molecule has 0 spiro atoms. The lowest BCUT2D eigenvalue weighted by molar-refractivity contribution is 0.0595. The Morgan fingerprint density at radius 1 is 1.38 bits per heavy atom. The second-order valence-corrected chi connectivity index (χ2v) is 6.20. The zero-order valence-corrected chi connectivity index (χ0v) is 13.0. The average molecular weight is 293 g/mol. The Balaban J connectivity index is 2.07. The van der Waals surface area contributed by atoms with Gasteiger partial charge in [-0.2, -0.15) is 0 Å². The van der Waals surface area contributed by atoms with Crippen LogP contribution in [0.4, 0.5) is 10.1 Å². The van der Waals surface area contributed by atoms with E-state index in [2.05, 4.69) is 23.9 Å². The van der Waals surface area contributed by atoms with Crippen molar-refractivity contribution in [3.63, 3.8) is 0 Å². The first-order valence-corrected chi connectivity index (χ1v) is 7.65. The minimum absolute atomic E-state index is 0.0151. The van der Waals surface area contributed by atoms with Gasteiger partial charge in [0.2, 0.25) is 0 Å². The van der Waals surface area contributed by atoms with Crippen LogP contribution in [-0.2, 0) is 4.74 Å². The van der Waals surface area contributed by atoms with Crippen LogP contribution in [0.3, 0.4) is 0 Å². The van der Waals surface area contributed by atoms with Crippen molar-refractivity contribution in [3.05, 3.63) is 29.6 Å². The second kappa shape index (κ2) is 6.92. The predicted molar refractivity (Wildman–Crippen MR) is 81.9 cm³/mol. The number of carbonyl (C=O) groups is 1. The highest BCUT2D eigenvalue weighted by molar-refractivity contribution is 5.90. The zero-order valence-electron chi connectivity index (χ0n) is 13.0. The topological polar surface area (TPSA) is 38.3 Å². The highest BCUT2D eigenvalue weighted by Gasteiger charge is 2.24. The number of methoxy groups -OCH3 is 1. The van der Waals surface area contributed by atoms with Gasteiger partial charge in [0.05, 0.1) is 12.7 Å². The Morgan fingerprint density at radius 3 is 2.81 bits per heavy atom. The first-order chi connectivity index (χ1) is 10.0. The third-order valence-corrected chi connectivity index (χ3v) is 4.40. The minimum atomic E-state index is -0.639. The summed E-state index contributed by atoms with van der Waals surface area (Å²) >= 11 is 0. The predicted octanol–water partition coefficient (Wildman–Crippen LogP) is 4.24. The summed E-state index contributed by atoms with van der Waals surface area (Å²) in [5.74, 6) is 0.237. The van der Waals surface area contributed by atoms with E-state index in [-0.39, 0.29) is 5.56 Å². The van der Waals surface area contributed by atoms with E-state index in [0.717, 1.165) is 24.4 Å². The molecule has 0 heterocycles. The summed E-state index contributed by atoms with van der Waals surface area (Å²) in [5.41, 5.74) is 0.768. The highest BCUT2D eigenvalue weighted by atomic mass is 19.1. The third kappa shape index (κ3) is 3.96. The zero-order chi connectivity index (χ0) is 15.4. The van der Waals surface area contributed by atoms with Gasteiger partial charge in [-0.15, -0.1) is 0 Å². The van der Waals surface area contributed by atoms with Gasteiger partial charge in [0.1, 0.15) is 5.82 Å². The summed E-state index contributed by atoms with van der Waals surface area (Å²) < 4.78 is 18.2. The van der Waals surface area contributed by atoms with Crippen molar-refractivity contribution in [2.45, 2.75) is 45.6 Å². The largest absolute Gasteiger partial charge is 0.465 e. The molecule has 1 aliphatic carbocycles. The number of rotatable bonds is 4. The molecular weight excluding hydrogens is 269 g/mol. The monoisotopic (exact) mass is 293 g/mol. The van der Waals surface area contributed by atoms with Crippen molar-refractivity contribution in [2.24, 2.45) is 11.8 Å². The van der Waals surface area contributed by atoms with Crippen LogP contribution in [-0.4, -0.2) is 19.1 Å². The molecule has 1 saturated carbocycles. The summed E-state index contributed by atoms with van der Waals surface area (Å²) in [6, 6.07) is 4.93. The standard InChI is InChI=1S/C17H24FNO2/c1-11(2)12-5-4-6-13(9-12)19-14-7-8-16(18)15(10-14)17(20)21-3/h7-8,10-13,19H,4-6,9H2,1-3H3. The van der Waals surface area contributed by atoms with E-state index in [4.69, 9.17) is 0 Å². The minimum Gasteiger partial charge on any atom is -0.465 e. The molecule has 1 aromatic carbocycles. The summed E-state index contributed by atoms with van der Waals surface area (Å²) in [7, 11) is 1.26. The molecule has 21 heavy (non-hydrogen) atoms. The van der Waals surface area contributed by atoms with Gasteiger partial charge >= 0.3 is 5.97 Å². The summed E-state index contributed by atoms with van der Waals surface area (Å²) in [6.45, 7) is 4.53. The van der Waals surface area contributed by atoms with Gasteiger partial charge < -0.3 is 10.1 Å². The molecule has 2 atom stereocenters. The van der Waals surface area contributed by atoms with Crippen molar-refractivity contribution in [2.75, 3.05) is 12.4 Å². The Labute approximate surface area is 125 Å². The molecule has 0 amide bonds. The lowest BCUT2D eigenvalue weighted by atomic mass is 9.79. The molecule has 2 unspecified atom stereocenters. The Morgan fingerprint density at radius 2 is 2.14 bits per heavy atom. The van der Waals surface area contributed by atoms with Crippen LogP contribution in [0.15, 0.2) is 18.2 Å². The number of nitrogens with one attached hydrogen (secondary N) is 1. The van der Waals surface area contributed by atoms with Gasteiger partial charge in [-0.25, -0.2) is 9.18 Å². The van der Waals surface area contributed by atoms with Crippen LogP contribution >= 0.6 is 0 Å². The van der Waals surface area contributed by atoms with Crippen LogP contribution in [0, 0.1) is 17.7 Å². The van der Waals surface area contributed by atoms with Crippen molar-refractivity contribution < 1.29 is 13.9 Å². The van der Waals surface area contributed by atoms with Crippen molar-refractivity contribution >= 4 is 11.7 Å². The maximum Gasteiger partial charge on any atom is 0.340 e. The van der Waals surface area contributed by atoms with E-state index in [0.29, 0.717) is 12.0 Å². The van der Waals surface area contributed by atoms with E-state index in [1.165, 1.54) is 26.0 Å². The first-order valence-electron chi connectivity index (χ1n) is 7.65. The number of halogens is 1. The Bertz CT molecular complexity index is 502. The number of hydrogen-bond acceptors (Lipinski definition) is 3. The van der Waals surface area contributed by atoms with E-state index < -0.39 is 11.8 Å². The normalized spacial score (nSPS) is 22.1. The van der Waals surface area contributed by atoms with E-state index in [9.17, 15) is 9.18 Å². The maximum absolute atomic E-state index is 13.6. The SMILES string of the molecule is COC(=O)c1cc(NC2CCCC(C(C)C)C2)ccc1F. The van der Waals surface area contributed by atoms with Crippen LogP contribution in [0.2, 0.25) is 0 Å². The van der Waals surface area contributed by atoms with Gasteiger partial charge in [-0.05, 0) is 42.9 Å². The molecule has 116 valence electrons. The molecule has 0 bridgehead atoms. The fourth-order valence-electron chi connectivity index (χ4n) is 3.08. The second-order valence-electron chi connectivity index (χ2n) is 6.20. The Kier molecular flexibility index (Phi) is 5.21. The fraction of sp³-hybridized carbons (Fsp3) is 0.588. The van der Waals surface area contributed by atoms with Crippen molar-refractivity contribution in [1.29, 1.82) is 0 Å². The summed E-state index contributed by atoms with van der Waals surface area (Å²) in [6.07, 6.45) is 4.75. The molecule has 0 radical (unpaired) electrons. The molecule has 0 aliphatic heterocycles. The first kappa shape index (κ1) is 15.8. The van der Waals surface area contributed by atoms with Gasteiger partial charge in [-0.3, -0.25) is 0 Å². The van der Waals surface area contributed by atoms with Crippen LogP contribution < -0.4 is 5.32 Å². The lowest BCUT2D eigenvalue weighted by Gasteiger charge is -2.32. The number of benzene rings is 1. The molecule has 3 nitrogen and oxygen atoms in total. The molecule has 4 heteroatoms. The summed E-state index contributed by atoms with van der Waals surface area (Å²) in [4.78, 5) is 11.5. The fourth-order valence-corrected chi connectivity index (χ4v) is 3.08. The van der Waals surface area contributed by atoms with E-state index in [1.807, 2.05) is 0 Å². The molecular formula is C17H24FNO2. The number of ether oxygens (including phenoxy) is 1. The van der Waals surface area contributed by atoms with Crippen LogP contribution in [0.1, 0.15) is 49.9 Å². The van der Waals surface area contributed by atoms with Crippen LogP contribution in [0.25, 0.3) is 0 Å². The third-order valence-electron chi connectivity index (χ3n) is 4.40. The smallest absolute Gasteiger partial charge is 0.340 e. The maximum atomic E-state index is 13.6. The number of hydrogen-bond donors (Lipinski definition) is 1. The molecule has 1 fully saturated rings. The van der Waals surface area contributed by atoms with E-state index >= 15 is 0 Å². The van der Waals surface area contributed by atoms with E-state index in [1.54, 1.807) is 12.1 Å². The van der Waals surface area contributed by atoms with Gasteiger partial charge in [0, 0.05) is 11.7 Å². The molecule has 1 aromatic rings. The molecule has 0 saturated heterocycles. The number of anilines is 1. The van der Waals surface area contributed by atoms with Gasteiger partial charge in [0.25, 0.3) is 0 Å².